The first-order chi connectivity index (χ1) is 20.8. The van der Waals surface area contributed by atoms with Gasteiger partial charge >= 0.3 is 12.4 Å². The molecule has 0 unspecified atom stereocenters. The molecule has 2 aromatic heterocycles. The number of hydrogen-bond donors (Lipinski definition) is 4. The number of ether oxygens (including phenoxy) is 1. The highest BCUT2D eigenvalue weighted by atomic mass is 19.4. The Labute approximate surface area is 248 Å². The predicted octanol–water partition coefficient (Wildman–Crippen LogP) is 4.48. The molecule has 1 aliphatic rings. The van der Waals surface area contributed by atoms with Gasteiger partial charge in [0, 0.05) is 22.1 Å². The molecule has 9 nitrogen and oxygen atoms in total. The number of rotatable bonds is 6. The maximum absolute atomic E-state index is 14.6. The van der Waals surface area contributed by atoms with Gasteiger partial charge in [-0.15, -0.1) is 0 Å². The van der Waals surface area contributed by atoms with Crippen molar-refractivity contribution in [2.24, 2.45) is 5.73 Å². The fourth-order valence-corrected chi connectivity index (χ4v) is 4.75. The van der Waals surface area contributed by atoms with E-state index in [0.29, 0.717) is 12.1 Å². The summed E-state index contributed by atoms with van der Waals surface area (Å²) in [7, 11) is 0. The largest absolute Gasteiger partial charge is 0.506 e. The number of aromatic hydroxyl groups is 1. The quantitative estimate of drug-likeness (QED) is 0.228. The summed E-state index contributed by atoms with van der Waals surface area (Å²) < 4.78 is 102. The van der Waals surface area contributed by atoms with Gasteiger partial charge in [-0.1, -0.05) is 6.07 Å². The van der Waals surface area contributed by atoms with Crippen molar-refractivity contribution in [2.75, 3.05) is 13.2 Å². The normalized spacial score (nSPS) is 17.8. The third-order valence-electron chi connectivity index (χ3n) is 7.46. The zero-order chi connectivity index (χ0) is 33.1. The third kappa shape index (κ3) is 5.45. The number of aromatic nitrogens is 2. The number of nitrogens with two attached hydrogens (primary N) is 1. The Bertz CT molecular complexity index is 1850. The van der Waals surface area contributed by atoms with E-state index in [4.69, 9.17) is 10.5 Å². The fourth-order valence-electron chi connectivity index (χ4n) is 4.75. The molecule has 2 atom stereocenters. The molecule has 0 saturated carbocycles. The molecule has 0 aliphatic carbocycles. The lowest BCUT2D eigenvalue weighted by atomic mass is 9.81. The first-order valence-corrected chi connectivity index (χ1v) is 12.9. The molecule has 236 valence electrons. The first kappa shape index (κ1) is 31.4. The van der Waals surface area contributed by atoms with Gasteiger partial charge in [0.05, 0.1) is 12.2 Å². The van der Waals surface area contributed by atoms with E-state index in [1.165, 1.54) is 19.1 Å². The second-order valence-electron chi connectivity index (χ2n) is 10.5. The van der Waals surface area contributed by atoms with E-state index in [9.17, 15) is 50.5 Å². The molecule has 1 aliphatic heterocycles. The SMILES string of the molecule is C[C@]1(C(N)=O)COc2c1cc([C@@](O)(CNC(=O)c1cc(O)c3nc(C(F)(F)F)ccc3c1)C(F)(F)F)nc2-c1ccc(F)cc1. The van der Waals surface area contributed by atoms with Crippen LogP contribution in [0.15, 0.2) is 54.6 Å². The fraction of sp³-hybridized carbons (Fsp3) is 0.241. The number of carbonyl (C=O) groups is 2. The minimum Gasteiger partial charge on any atom is -0.506 e. The zero-order valence-corrected chi connectivity index (χ0v) is 22.8. The zero-order valence-electron chi connectivity index (χ0n) is 22.8. The highest BCUT2D eigenvalue weighted by Gasteiger charge is 2.57. The Morgan fingerprint density at radius 2 is 1.67 bits per heavy atom. The lowest BCUT2D eigenvalue weighted by Crippen LogP contribution is -2.51. The lowest BCUT2D eigenvalue weighted by Gasteiger charge is -2.31. The van der Waals surface area contributed by atoms with Crippen LogP contribution in [0.5, 0.6) is 11.5 Å². The van der Waals surface area contributed by atoms with Crippen LogP contribution in [0.2, 0.25) is 0 Å². The van der Waals surface area contributed by atoms with Gasteiger partial charge < -0.3 is 26.0 Å². The summed E-state index contributed by atoms with van der Waals surface area (Å²) in [6.45, 7) is -0.600. The molecule has 0 bridgehead atoms. The number of phenolic OH excluding ortho intramolecular Hbond substituents is 1. The number of phenols is 1. The van der Waals surface area contributed by atoms with Crippen LogP contribution in [0, 0.1) is 5.82 Å². The van der Waals surface area contributed by atoms with Crippen molar-refractivity contribution < 1.29 is 55.3 Å². The molecule has 0 spiro atoms. The molecule has 4 aromatic rings. The second kappa shape index (κ2) is 10.6. The average molecular weight is 638 g/mol. The predicted molar refractivity (Wildman–Crippen MR) is 142 cm³/mol. The maximum Gasteiger partial charge on any atom is 0.433 e. The number of hydrogen-bond acceptors (Lipinski definition) is 7. The second-order valence-corrected chi connectivity index (χ2v) is 10.5. The number of nitrogens with one attached hydrogen (secondary N) is 1. The van der Waals surface area contributed by atoms with Crippen molar-refractivity contribution in [2.45, 2.75) is 30.3 Å². The Morgan fingerprint density at radius 1 is 1.00 bits per heavy atom. The van der Waals surface area contributed by atoms with Gasteiger partial charge in [-0.25, -0.2) is 14.4 Å². The number of amides is 2. The maximum atomic E-state index is 14.6. The van der Waals surface area contributed by atoms with Crippen LogP contribution in [-0.2, 0) is 22.0 Å². The van der Waals surface area contributed by atoms with Crippen molar-refractivity contribution in [3.05, 3.63) is 82.9 Å². The highest BCUT2D eigenvalue weighted by molar-refractivity contribution is 6.00. The smallest absolute Gasteiger partial charge is 0.433 e. The van der Waals surface area contributed by atoms with Crippen LogP contribution in [-0.4, -0.2) is 51.3 Å². The van der Waals surface area contributed by atoms with E-state index < -0.39 is 75.8 Å². The molecular formula is C29H21F7N4O5. The summed E-state index contributed by atoms with van der Waals surface area (Å²) in [5, 5.41) is 23.1. The molecule has 45 heavy (non-hydrogen) atoms. The Balaban J connectivity index is 1.55. The van der Waals surface area contributed by atoms with Gasteiger partial charge in [-0.2, -0.15) is 26.3 Å². The number of benzene rings is 2. The van der Waals surface area contributed by atoms with Crippen LogP contribution < -0.4 is 15.8 Å². The molecule has 3 heterocycles. The van der Waals surface area contributed by atoms with Crippen molar-refractivity contribution in [1.29, 1.82) is 0 Å². The summed E-state index contributed by atoms with van der Waals surface area (Å²) in [4.78, 5) is 32.6. The minimum absolute atomic E-state index is 0.0747. The van der Waals surface area contributed by atoms with Crippen LogP contribution in [0.4, 0.5) is 30.7 Å². The number of aliphatic hydroxyl groups is 1. The summed E-state index contributed by atoms with van der Waals surface area (Å²) in [5.41, 5.74) is -3.70. The Morgan fingerprint density at radius 3 is 2.27 bits per heavy atom. The Kier molecular flexibility index (Phi) is 7.39. The minimum atomic E-state index is -5.49. The van der Waals surface area contributed by atoms with Crippen molar-refractivity contribution >= 4 is 22.7 Å². The number of fused-ring (bicyclic) bond motifs is 2. The number of halogens is 7. The van der Waals surface area contributed by atoms with Crippen LogP contribution >= 0.6 is 0 Å². The van der Waals surface area contributed by atoms with E-state index in [2.05, 4.69) is 9.97 Å². The van der Waals surface area contributed by atoms with Crippen LogP contribution in [0.3, 0.4) is 0 Å². The van der Waals surface area contributed by atoms with E-state index >= 15 is 0 Å². The van der Waals surface area contributed by atoms with E-state index in [1.54, 1.807) is 0 Å². The van der Waals surface area contributed by atoms with Gasteiger partial charge in [0.2, 0.25) is 11.5 Å². The van der Waals surface area contributed by atoms with E-state index in [0.717, 1.165) is 30.3 Å². The molecule has 5 N–H and O–H groups in total. The monoisotopic (exact) mass is 638 g/mol. The van der Waals surface area contributed by atoms with Crippen LogP contribution in [0.1, 0.15) is 34.2 Å². The van der Waals surface area contributed by atoms with Crippen molar-refractivity contribution in [3.63, 3.8) is 0 Å². The lowest BCUT2D eigenvalue weighted by molar-refractivity contribution is -0.265. The number of nitrogens with zero attached hydrogens (tertiary/aromatic N) is 2. The molecule has 0 radical (unpaired) electrons. The molecule has 5 rings (SSSR count). The summed E-state index contributed by atoms with van der Waals surface area (Å²) in [5.74, 6) is -3.85. The van der Waals surface area contributed by atoms with Crippen molar-refractivity contribution in [3.8, 4) is 22.8 Å². The standard InChI is InChI=1S/C29H21F7N4O5/c1-26(25(37)43)12-45-23-17(26)10-20(40-22(23)13-2-5-16(30)6-3-13)27(44,29(34,35)36)11-38-24(42)15-8-14-4-7-19(28(31,32)33)39-21(14)18(41)9-15/h2-10,41,44H,11-12H2,1H3,(H2,37,43)(H,38,42)/t26-,27-/m0/s1. The topological polar surface area (TPSA) is 148 Å². The third-order valence-corrected chi connectivity index (χ3v) is 7.46. The summed E-state index contributed by atoms with van der Waals surface area (Å²) >= 11 is 0. The van der Waals surface area contributed by atoms with E-state index in [1.807, 2.05) is 5.32 Å². The number of alkyl halides is 6. The van der Waals surface area contributed by atoms with Gasteiger partial charge in [0.1, 0.15) is 46.2 Å². The average Bonchev–Trinajstić information content (AvgIpc) is 3.32. The van der Waals surface area contributed by atoms with Gasteiger partial charge in [0.25, 0.3) is 5.91 Å². The highest BCUT2D eigenvalue weighted by Crippen LogP contribution is 2.47. The molecule has 2 aromatic carbocycles. The number of pyridine rings is 2. The summed E-state index contributed by atoms with van der Waals surface area (Å²) in [6, 6.07) is 8.37. The molecule has 2 amide bonds. The molecule has 0 saturated heterocycles. The van der Waals surface area contributed by atoms with E-state index in [-0.39, 0.29) is 34.6 Å². The summed E-state index contributed by atoms with van der Waals surface area (Å²) in [6.07, 6.45) is -10.3. The van der Waals surface area contributed by atoms with Crippen LogP contribution in [0.25, 0.3) is 22.2 Å². The number of primary amides is 1. The van der Waals surface area contributed by atoms with Gasteiger partial charge in [-0.3, -0.25) is 9.59 Å². The molecule has 16 heteroatoms. The van der Waals surface area contributed by atoms with Gasteiger partial charge in [0.15, 0.2) is 0 Å². The molecule has 0 fully saturated rings. The Hall–Kier alpha value is -4.99. The van der Waals surface area contributed by atoms with Gasteiger partial charge in [-0.05, 0) is 55.5 Å². The first-order valence-electron chi connectivity index (χ1n) is 12.9. The number of carbonyl (C=O) groups excluding carboxylic acids is 2. The van der Waals surface area contributed by atoms with Crippen molar-refractivity contribution in [1.82, 2.24) is 15.3 Å². The molecular weight excluding hydrogens is 617 g/mol.